The molecule has 0 radical (unpaired) electrons. The number of nitrogens with zero attached hydrogens (tertiary/aromatic N) is 5. The van der Waals surface area contributed by atoms with Gasteiger partial charge in [0.25, 0.3) is 0 Å². The predicted molar refractivity (Wildman–Crippen MR) is 109 cm³/mol. The number of tetrazole rings is 1. The zero-order valence-corrected chi connectivity index (χ0v) is 16.6. The maximum absolute atomic E-state index is 12.8. The Balaban J connectivity index is 1.58. The molecule has 4 aromatic rings. The molecule has 2 aromatic carbocycles. The minimum atomic E-state index is -0.297. The van der Waals surface area contributed by atoms with E-state index in [9.17, 15) is 4.79 Å². The van der Waals surface area contributed by atoms with Gasteiger partial charge in [-0.15, -0.1) is 10.2 Å². The lowest BCUT2D eigenvalue weighted by molar-refractivity contribution is -0.121. The molecule has 8 nitrogen and oxygen atoms in total. The van der Waals surface area contributed by atoms with Gasteiger partial charge in [-0.3, -0.25) is 4.79 Å². The van der Waals surface area contributed by atoms with Crippen LogP contribution in [-0.2, 0) is 16.8 Å². The van der Waals surface area contributed by atoms with E-state index in [4.69, 9.17) is 0 Å². The van der Waals surface area contributed by atoms with E-state index in [0.717, 1.165) is 22.2 Å². The van der Waals surface area contributed by atoms with Crippen molar-refractivity contribution >= 4 is 16.9 Å². The van der Waals surface area contributed by atoms with Crippen LogP contribution < -0.4 is 5.32 Å². The van der Waals surface area contributed by atoms with Gasteiger partial charge in [-0.25, -0.2) is 4.98 Å². The molecule has 2 heterocycles. The summed E-state index contributed by atoms with van der Waals surface area (Å²) in [5, 5.41) is 15.5. The second-order valence-corrected chi connectivity index (χ2v) is 7.93. The third-order valence-corrected chi connectivity index (χ3v) is 4.59. The smallest absolute Gasteiger partial charge is 0.228 e. The van der Waals surface area contributed by atoms with Gasteiger partial charge in [-0.05, 0) is 49.2 Å². The minimum Gasteiger partial charge on any atom is -0.345 e. The summed E-state index contributed by atoms with van der Waals surface area (Å²) in [7, 11) is 0. The zero-order valence-electron chi connectivity index (χ0n) is 16.6. The molecule has 2 aromatic heterocycles. The first kappa shape index (κ1) is 18.8. The highest BCUT2D eigenvalue weighted by atomic mass is 16.1. The summed E-state index contributed by atoms with van der Waals surface area (Å²) in [5.41, 5.74) is 3.48. The van der Waals surface area contributed by atoms with E-state index in [1.54, 1.807) is 6.33 Å². The van der Waals surface area contributed by atoms with Gasteiger partial charge in [0.2, 0.25) is 5.91 Å². The Bertz CT molecular complexity index is 1120. The Morgan fingerprint density at radius 3 is 2.66 bits per heavy atom. The summed E-state index contributed by atoms with van der Waals surface area (Å²) in [6.45, 7) is 5.95. The highest BCUT2D eigenvalue weighted by Crippen LogP contribution is 2.24. The molecule has 1 amide bonds. The van der Waals surface area contributed by atoms with Gasteiger partial charge in [-0.1, -0.05) is 36.4 Å². The number of carbonyl (C=O) groups excluding carboxylic acids is 1. The Hall–Kier alpha value is -3.55. The number of carbonyl (C=O) groups is 1. The van der Waals surface area contributed by atoms with Gasteiger partial charge in [0.15, 0.2) is 5.82 Å². The fourth-order valence-electron chi connectivity index (χ4n) is 3.09. The standard InChI is InChI=1S/C21H23N7O/c1-21(2,3)28-26-18(25-27-28)12-19(29)24-20(14-7-5-4-6-8-14)15-9-10-16-17(11-15)23-13-22-16/h4-11,13,20H,12H2,1-3H3,(H,22,23)(H,24,29). The van der Waals surface area contributed by atoms with Crippen molar-refractivity contribution in [2.24, 2.45) is 0 Å². The molecule has 2 N–H and O–H groups in total. The van der Waals surface area contributed by atoms with E-state index < -0.39 is 0 Å². The maximum atomic E-state index is 12.8. The molecule has 0 aliphatic rings. The van der Waals surface area contributed by atoms with Crippen molar-refractivity contribution in [3.05, 3.63) is 71.8 Å². The third kappa shape index (κ3) is 4.16. The van der Waals surface area contributed by atoms with Crippen molar-refractivity contribution in [3.8, 4) is 0 Å². The molecule has 1 atom stereocenters. The predicted octanol–water partition coefficient (Wildman–Crippen LogP) is 2.75. The van der Waals surface area contributed by atoms with Gasteiger partial charge in [0, 0.05) is 0 Å². The van der Waals surface area contributed by atoms with Crippen LogP contribution in [0.1, 0.15) is 43.8 Å². The maximum Gasteiger partial charge on any atom is 0.228 e. The summed E-state index contributed by atoms with van der Waals surface area (Å²) in [4.78, 5) is 21.7. The minimum absolute atomic E-state index is 0.0612. The molecule has 0 bridgehead atoms. The van der Waals surface area contributed by atoms with Gasteiger partial charge >= 0.3 is 0 Å². The number of imidazole rings is 1. The average molecular weight is 389 g/mol. The van der Waals surface area contributed by atoms with Crippen LogP contribution in [0.25, 0.3) is 11.0 Å². The van der Waals surface area contributed by atoms with Crippen molar-refractivity contribution in [3.63, 3.8) is 0 Å². The second kappa shape index (κ2) is 7.46. The molecule has 8 heteroatoms. The number of fused-ring (bicyclic) bond motifs is 1. The molecule has 1 unspecified atom stereocenters. The third-order valence-electron chi connectivity index (χ3n) is 4.59. The zero-order chi connectivity index (χ0) is 20.4. The number of nitrogens with one attached hydrogen (secondary N) is 2. The first-order chi connectivity index (χ1) is 13.9. The molecule has 0 aliphatic carbocycles. The summed E-state index contributed by atoms with van der Waals surface area (Å²) in [5.74, 6) is 0.227. The average Bonchev–Trinajstić information content (AvgIpc) is 3.35. The molecule has 4 rings (SSSR count). The first-order valence-electron chi connectivity index (χ1n) is 9.47. The summed E-state index contributed by atoms with van der Waals surface area (Å²) in [6.07, 6.45) is 1.72. The van der Waals surface area contributed by atoms with Crippen molar-refractivity contribution in [1.82, 2.24) is 35.5 Å². The van der Waals surface area contributed by atoms with Gasteiger partial charge in [0.1, 0.15) is 0 Å². The first-order valence-corrected chi connectivity index (χ1v) is 9.47. The van der Waals surface area contributed by atoms with E-state index in [1.165, 1.54) is 4.80 Å². The fourth-order valence-corrected chi connectivity index (χ4v) is 3.09. The Labute approximate surface area is 168 Å². The largest absolute Gasteiger partial charge is 0.345 e. The molecule has 0 spiro atoms. The molecule has 0 saturated carbocycles. The topological polar surface area (TPSA) is 101 Å². The van der Waals surface area contributed by atoms with E-state index in [-0.39, 0.29) is 23.9 Å². The summed E-state index contributed by atoms with van der Waals surface area (Å²) < 4.78 is 0. The molecule has 0 saturated heterocycles. The van der Waals surface area contributed by atoms with Crippen molar-refractivity contribution in [1.29, 1.82) is 0 Å². The Morgan fingerprint density at radius 2 is 1.93 bits per heavy atom. The fraction of sp³-hybridized carbons (Fsp3) is 0.286. The SMILES string of the molecule is CC(C)(C)n1nnc(CC(=O)NC(c2ccccc2)c2ccc3nc[nH]c3c2)n1. The van der Waals surface area contributed by atoms with Crippen LogP contribution in [0.15, 0.2) is 54.9 Å². The molecule has 0 fully saturated rings. The molecule has 0 aliphatic heterocycles. The Morgan fingerprint density at radius 1 is 1.14 bits per heavy atom. The van der Waals surface area contributed by atoms with Crippen LogP contribution in [0.2, 0.25) is 0 Å². The number of hydrogen-bond acceptors (Lipinski definition) is 5. The van der Waals surface area contributed by atoms with Gasteiger partial charge in [0.05, 0.1) is 35.4 Å². The van der Waals surface area contributed by atoms with Crippen LogP contribution in [-0.4, -0.2) is 36.1 Å². The van der Waals surface area contributed by atoms with Crippen LogP contribution in [0.4, 0.5) is 0 Å². The lowest BCUT2D eigenvalue weighted by Gasteiger charge is -2.20. The lowest BCUT2D eigenvalue weighted by atomic mass is 9.98. The van der Waals surface area contributed by atoms with Crippen molar-refractivity contribution < 1.29 is 4.79 Å². The second-order valence-electron chi connectivity index (χ2n) is 7.93. The molecule has 29 heavy (non-hydrogen) atoms. The Kier molecular flexibility index (Phi) is 4.84. The molecular weight excluding hydrogens is 366 g/mol. The number of hydrogen-bond donors (Lipinski definition) is 2. The van der Waals surface area contributed by atoms with Gasteiger partial charge < -0.3 is 10.3 Å². The summed E-state index contributed by atoms with van der Waals surface area (Å²) in [6, 6.07) is 15.5. The number of aromatic nitrogens is 6. The number of rotatable bonds is 5. The van der Waals surface area contributed by atoms with E-state index in [1.807, 2.05) is 69.3 Å². The van der Waals surface area contributed by atoms with E-state index in [2.05, 4.69) is 30.7 Å². The van der Waals surface area contributed by atoms with Gasteiger partial charge in [-0.2, -0.15) is 4.80 Å². The number of benzene rings is 2. The van der Waals surface area contributed by atoms with Crippen LogP contribution >= 0.6 is 0 Å². The van der Waals surface area contributed by atoms with Crippen LogP contribution in [0.3, 0.4) is 0 Å². The van der Waals surface area contributed by atoms with E-state index >= 15 is 0 Å². The van der Waals surface area contributed by atoms with Crippen molar-refractivity contribution in [2.45, 2.75) is 38.8 Å². The monoisotopic (exact) mass is 389 g/mol. The number of H-pyrrole nitrogens is 1. The van der Waals surface area contributed by atoms with Crippen molar-refractivity contribution in [2.75, 3.05) is 0 Å². The normalized spacial score (nSPS) is 12.8. The van der Waals surface area contributed by atoms with Crippen LogP contribution in [0, 0.1) is 0 Å². The van der Waals surface area contributed by atoms with E-state index in [0.29, 0.717) is 5.82 Å². The highest BCUT2D eigenvalue weighted by molar-refractivity contribution is 5.79. The summed E-state index contributed by atoms with van der Waals surface area (Å²) >= 11 is 0. The highest BCUT2D eigenvalue weighted by Gasteiger charge is 2.21. The number of amides is 1. The van der Waals surface area contributed by atoms with Crippen LogP contribution in [0.5, 0.6) is 0 Å². The molecular formula is C21H23N7O. The lowest BCUT2D eigenvalue weighted by Crippen LogP contribution is -2.31. The number of aromatic amines is 1. The molecule has 148 valence electrons. The quantitative estimate of drug-likeness (QED) is 0.546.